The Hall–Kier alpha value is -2.70. The van der Waals surface area contributed by atoms with Crippen molar-refractivity contribution in [2.24, 2.45) is 0 Å². The number of carbonyl (C=O) groups is 1. The van der Waals surface area contributed by atoms with E-state index in [9.17, 15) is 14.9 Å². The molecule has 0 amide bonds. The maximum absolute atomic E-state index is 11.6. The molecule has 110 valence electrons. The van der Waals surface area contributed by atoms with Gasteiger partial charge in [-0.3, -0.25) is 19.6 Å². The Bertz CT molecular complexity index is 638. The van der Waals surface area contributed by atoms with Crippen LogP contribution in [0.15, 0.2) is 36.7 Å². The number of nitrogens with one attached hydrogen (secondary N) is 1. The first-order valence-electron chi connectivity index (χ1n) is 6.58. The van der Waals surface area contributed by atoms with Gasteiger partial charge in [0.15, 0.2) is 5.78 Å². The number of aromatic nitrogens is 2. The van der Waals surface area contributed by atoms with Gasteiger partial charge in [-0.2, -0.15) is 5.10 Å². The molecular formula is C14H16N4O3. The van der Waals surface area contributed by atoms with Crippen LogP contribution in [0.3, 0.4) is 0 Å². The van der Waals surface area contributed by atoms with Gasteiger partial charge in [-0.1, -0.05) is 0 Å². The summed E-state index contributed by atoms with van der Waals surface area (Å²) in [6.07, 6.45) is 4.43. The van der Waals surface area contributed by atoms with Crippen LogP contribution in [0.25, 0.3) is 0 Å². The summed E-state index contributed by atoms with van der Waals surface area (Å²) in [4.78, 5) is 21.8. The number of nitro benzene ring substituents is 1. The molecule has 0 radical (unpaired) electrons. The van der Waals surface area contributed by atoms with E-state index in [2.05, 4.69) is 10.4 Å². The Kier molecular flexibility index (Phi) is 4.65. The average Bonchev–Trinajstić information content (AvgIpc) is 2.96. The lowest BCUT2D eigenvalue weighted by Gasteiger charge is -2.10. The van der Waals surface area contributed by atoms with Crippen molar-refractivity contribution in [2.75, 3.05) is 11.9 Å². The Morgan fingerprint density at radius 3 is 2.90 bits per heavy atom. The quantitative estimate of drug-likeness (QED) is 0.366. The summed E-state index contributed by atoms with van der Waals surface area (Å²) in [5.41, 5.74) is 0.874. The number of hydrogen-bond acceptors (Lipinski definition) is 5. The molecule has 1 heterocycles. The Labute approximate surface area is 121 Å². The van der Waals surface area contributed by atoms with Crippen molar-refractivity contribution in [1.82, 2.24) is 9.78 Å². The molecule has 0 saturated carbocycles. The standard InChI is InChI=1S/C14H16N4O3/c1-11(19)13-10-12(18(20)21)4-5-14(13)15-6-2-8-17-9-3-7-16-17/h3-5,7,9-10,15H,2,6,8H2,1H3. The van der Waals surface area contributed by atoms with Crippen molar-refractivity contribution in [3.05, 3.63) is 52.3 Å². The fourth-order valence-electron chi connectivity index (χ4n) is 1.99. The van der Waals surface area contributed by atoms with Crippen LogP contribution in [-0.2, 0) is 6.54 Å². The molecule has 0 saturated heterocycles. The van der Waals surface area contributed by atoms with E-state index in [1.165, 1.54) is 19.1 Å². The molecule has 0 spiro atoms. The number of carbonyl (C=O) groups excluding carboxylic acids is 1. The lowest BCUT2D eigenvalue weighted by molar-refractivity contribution is -0.384. The first-order valence-corrected chi connectivity index (χ1v) is 6.58. The predicted octanol–water partition coefficient (Wildman–Crippen LogP) is 2.50. The van der Waals surface area contributed by atoms with Crippen LogP contribution in [0.5, 0.6) is 0 Å². The molecule has 1 aromatic heterocycles. The van der Waals surface area contributed by atoms with E-state index in [0.717, 1.165) is 13.0 Å². The highest BCUT2D eigenvalue weighted by Gasteiger charge is 2.13. The third-order valence-electron chi connectivity index (χ3n) is 3.03. The molecule has 0 aliphatic rings. The molecule has 1 N–H and O–H groups in total. The number of nitro groups is 1. The minimum absolute atomic E-state index is 0.0812. The van der Waals surface area contributed by atoms with E-state index in [1.54, 1.807) is 12.3 Å². The number of hydrogen-bond donors (Lipinski definition) is 1. The number of nitrogens with zero attached hydrogens (tertiary/aromatic N) is 3. The van der Waals surface area contributed by atoms with Crippen molar-refractivity contribution in [3.8, 4) is 0 Å². The minimum atomic E-state index is -0.506. The van der Waals surface area contributed by atoms with Crippen LogP contribution >= 0.6 is 0 Å². The van der Waals surface area contributed by atoms with Gasteiger partial charge >= 0.3 is 0 Å². The number of ketones is 1. The van der Waals surface area contributed by atoms with E-state index in [-0.39, 0.29) is 11.5 Å². The van der Waals surface area contributed by atoms with E-state index >= 15 is 0 Å². The summed E-state index contributed by atoms with van der Waals surface area (Å²) in [5, 5.41) is 18.0. The topological polar surface area (TPSA) is 90.1 Å². The van der Waals surface area contributed by atoms with Gasteiger partial charge in [0, 0.05) is 48.9 Å². The highest BCUT2D eigenvalue weighted by atomic mass is 16.6. The zero-order chi connectivity index (χ0) is 15.2. The first kappa shape index (κ1) is 14.7. The number of anilines is 1. The summed E-state index contributed by atoms with van der Waals surface area (Å²) in [5.74, 6) is -0.201. The van der Waals surface area contributed by atoms with Gasteiger partial charge in [0.25, 0.3) is 5.69 Å². The van der Waals surface area contributed by atoms with Gasteiger partial charge in [0.1, 0.15) is 0 Å². The summed E-state index contributed by atoms with van der Waals surface area (Å²) in [7, 11) is 0. The summed E-state index contributed by atoms with van der Waals surface area (Å²) in [6.45, 7) is 2.81. The van der Waals surface area contributed by atoms with Gasteiger partial charge in [-0.05, 0) is 25.5 Å². The predicted molar refractivity (Wildman–Crippen MR) is 78.4 cm³/mol. The van der Waals surface area contributed by atoms with Gasteiger partial charge in [-0.25, -0.2) is 0 Å². The van der Waals surface area contributed by atoms with Gasteiger partial charge in [0.2, 0.25) is 0 Å². The lowest BCUT2D eigenvalue weighted by atomic mass is 10.1. The van der Waals surface area contributed by atoms with Gasteiger partial charge in [0.05, 0.1) is 4.92 Å². The SMILES string of the molecule is CC(=O)c1cc([N+](=O)[O-])ccc1NCCCn1cccn1. The second-order valence-corrected chi connectivity index (χ2v) is 4.59. The summed E-state index contributed by atoms with van der Waals surface area (Å²) >= 11 is 0. The highest BCUT2D eigenvalue weighted by molar-refractivity contribution is 6.00. The van der Waals surface area contributed by atoms with Crippen molar-refractivity contribution in [3.63, 3.8) is 0 Å². The summed E-state index contributed by atoms with van der Waals surface area (Å²) < 4.78 is 1.82. The maximum atomic E-state index is 11.6. The van der Waals surface area contributed by atoms with Crippen molar-refractivity contribution < 1.29 is 9.72 Å². The van der Waals surface area contributed by atoms with Crippen LogP contribution in [-0.4, -0.2) is 27.0 Å². The van der Waals surface area contributed by atoms with Gasteiger partial charge < -0.3 is 5.32 Å². The van der Waals surface area contributed by atoms with Crippen molar-refractivity contribution in [2.45, 2.75) is 19.9 Å². The fourth-order valence-corrected chi connectivity index (χ4v) is 1.99. The monoisotopic (exact) mass is 288 g/mol. The van der Waals surface area contributed by atoms with Crippen LogP contribution in [0.4, 0.5) is 11.4 Å². The number of Topliss-reactive ketones (excluding diaryl/α,β-unsaturated/α-hetero) is 1. The molecule has 0 atom stereocenters. The number of rotatable bonds is 7. The maximum Gasteiger partial charge on any atom is 0.270 e. The van der Waals surface area contributed by atoms with Crippen LogP contribution in [0.1, 0.15) is 23.7 Å². The number of aryl methyl sites for hydroxylation is 1. The lowest BCUT2D eigenvalue weighted by Crippen LogP contribution is -2.10. The Morgan fingerprint density at radius 1 is 1.48 bits per heavy atom. The number of benzene rings is 1. The van der Waals surface area contributed by atoms with E-state index in [0.29, 0.717) is 17.8 Å². The largest absolute Gasteiger partial charge is 0.384 e. The molecule has 0 aliphatic carbocycles. The van der Waals surface area contributed by atoms with E-state index < -0.39 is 4.92 Å². The van der Waals surface area contributed by atoms with Crippen molar-refractivity contribution in [1.29, 1.82) is 0 Å². The Balaban J connectivity index is 1.98. The summed E-state index contributed by atoms with van der Waals surface area (Å²) in [6, 6.07) is 6.13. The molecule has 2 aromatic rings. The van der Waals surface area contributed by atoms with Crippen LogP contribution < -0.4 is 5.32 Å². The first-order chi connectivity index (χ1) is 10.1. The molecule has 1 aromatic carbocycles. The molecule has 0 aliphatic heterocycles. The molecule has 0 fully saturated rings. The third kappa shape index (κ3) is 3.88. The minimum Gasteiger partial charge on any atom is -0.384 e. The highest BCUT2D eigenvalue weighted by Crippen LogP contribution is 2.22. The Morgan fingerprint density at radius 2 is 2.29 bits per heavy atom. The zero-order valence-electron chi connectivity index (χ0n) is 11.7. The van der Waals surface area contributed by atoms with Crippen LogP contribution in [0.2, 0.25) is 0 Å². The molecule has 0 unspecified atom stereocenters. The normalized spacial score (nSPS) is 10.3. The van der Waals surface area contributed by atoms with Gasteiger partial charge in [-0.15, -0.1) is 0 Å². The molecule has 0 bridgehead atoms. The number of non-ortho nitro benzene ring substituents is 1. The van der Waals surface area contributed by atoms with E-state index in [1.807, 2.05) is 16.9 Å². The van der Waals surface area contributed by atoms with Crippen molar-refractivity contribution >= 4 is 17.2 Å². The fraction of sp³-hybridized carbons (Fsp3) is 0.286. The van der Waals surface area contributed by atoms with E-state index in [4.69, 9.17) is 0 Å². The molecule has 21 heavy (non-hydrogen) atoms. The average molecular weight is 288 g/mol. The smallest absolute Gasteiger partial charge is 0.270 e. The second kappa shape index (κ2) is 6.65. The third-order valence-corrected chi connectivity index (χ3v) is 3.03. The zero-order valence-corrected chi connectivity index (χ0v) is 11.7. The molecule has 2 rings (SSSR count). The molecule has 7 heteroatoms. The second-order valence-electron chi connectivity index (χ2n) is 4.59. The van der Waals surface area contributed by atoms with Crippen LogP contribution in [0, 0.1) is 10.1 Å². The molecule has 7 nitrogen and oxygen atoms in total. The molecular weight excluding hydrogens is 272 g/mol.